The summed E-state index contributed by atoms with van der Waals surface area (Å²) in [5, 5.41) is 15.2. The number of hydrogen-bond acceptors (Lipinski definition) is 9. The minimum Gasteiger partial charge on any atom is -0.491 e. The molecule has 51 heavy (non-hydrogen) atoms. The van der Waals surface area contributed by atoms with Crippen LogP contribution in [0.2, 0.25) is 5.02 Å². The van der Waals surface area contributed by atoms with Crippen molar-refractivity contribution >= 4 is 51.9 Å². The smallest absolute Gasteiger partial charge is 0.417 e. The summed E-state index contributed by atoms with van der Waals surface area (Å²) in [6, 6.07) is 9.86. The van der Waals surface area contributed by atoms with Crippen LogP contribution in [0, 0.1) is 5.41 Å². The first-order chi connectivity index (χ1) is 24.2. The maximum Gasteiger partial charge on any atom is 0.417 e. The van der Waals surface area contributed by atoms with Crippen LogP contribution < -0.4 is 15.5 Å². The number of nitrogens with one attached hydrogen (secondary N) is 2. The Balaban J connectivity index is 1.33. The summed E-state index contributed by atoms with van der Waals surface area (Å²) < 4.78 is 61.6. The van der Waals surface area contributed by atoms with Gasteiger partial charge in [0.2, 0.25) is 0 Å². The zero-order valence-electron chi connectivity index (χ0n) is 28.1. The third-order valence-corrected chi connectivity index (χ3v) is 9.19. The highest BCUT2D eigenvalue weighted by molar-refractivity contribution is 7.17. The van der Waals surface area contributed by atoms with Gasteiger partial charge in [-0.3, -0.25) is 14.4 Å². The molecule has 1 aliphatic carbocycles. The van der Waals surface area contributed by atoms with Crippen molar-refractivity contribution in [2.75, 3.05) is 51.6 Å². The number of nitrogens with zero attached hydrogens (tertiary/aromatic N) is 1. The lowest BCUT2D eigenvalue weighted by molar-refractivity contribution is -0.138. The van der Waals surface area contributed by atoms with Crippen LogP contribution >= 0.6 is 22.9 Å². The second-order valence-corrected chi connectivity index (χ2v) is 13.8. The predicted octanol–water partition coefficient (Wildman–Crippen LogP) is 6.85. The quantitative estimate of drug-likeness (QED) is 0.0727. The number of carbonyl (C=O) groups is 3. The molecule has 3 N–H and O–H groups in total. The zero-order chi connectivity index (χ0) is 37.0. The van der Waals surface area contributed by atoms with Gasteiger partial charge in [0, 0.05) is 10.4 Å². The van der Waals surface area contributed by atoms with Crippen molar-refractivity contribution in [1.29, 1.82) is 0 Å². The van der Waals surface area contributed by atoms with Crippen LogP contribution in [-0.4, -0.2) is 75.4 Å². The molecule has 0 unspecified atom stereocenters. The number of thiophene rings is 1. The maximum absolute atomic E-state index is 13.5. The van der Waals surface area contributed by atoms with E-state index in [4.69, 9.17) is 35.7 Å². The molecule has 0 bridgehead atoms. The number of ether oxygens (including phenoxy) is 4. The topological polar surface area (TPSA) is 145 Å². The minimum absolute atomic E-state index is 0.00230. The highest BCUT2D eigenvalue weighted by Gasteiger charge is 2.34. The summed E-state index contributed by atoms with van der Waals surface area (Å²) in [4.78, 5) is 38.3. The van der Waals surface area contributed by atoms with Crippen molar-refractivity contribution < 1.29 is 51.6 Å². The van der Waals surface area contributed by atoms with Crippen LogP contribution in [0.15, 0.2) is 47.6 Å². The van der Waals surface area contributed by atoms with E-state index in [2.05, 4.69) is 29.7 Å². The molecule has 11 nitrogen and oxygen atoms in total. The van der Waals surface area contributed by atoms with Gasteiger partial charge >= 0.3 is 12.1 Å². The van der Waals surface area contributed by atoms with E-state index in [1.54, 1.807) is 24.3 Å². The van der Waals surface area contributed by atoms with Crippen molar-refractivity contribution in [3.05, 3.63) is 80.2 Å². The second-order valence-electron chi connectivity index (χ2n) is 12.3. The van der Waals surface area contributed by atoms with E-state index in [1.807, 2.05) is 0 Å². The molecule has 0 fully saturated rings. The number of rotatable bonds is 18. The van der Waals surface area contributed by atoms with Gasteiger partial charge in [0.25, 0.3) is 11.8 Å². The Morgan fingerprint density at radius 3 is 2.35 bits per heavy atom. The molecule has 0 aliphatic heterocycles. The number of carboxylic acid groups (broad SMARTS) is 1. The molecule has 0 atom stereocenters. The van der Waals surface area contributed by atoms with Crippen molar-refractivity contribution in [1.82, 2.24) is 5.43 Å². The lowest BCUT2D eigenvalue weighted by atomic mass is 9.77. The summed E-state index contributed by atoms with van der Waals surface area (Å²) in [7, 11) is 0. The SMILES string of the molecule is CC1(C)CCc2c(sc(NC(=O)c3cccc(OCCOCCOCCOCCC(=O)O)c3)c2C(=O)N/N=C/c2ccc(Cl)c(C(F)(F)F)c2)C1. The molecule has 1 aromatic heterocycles. The number of halogens is 4. The molecule has 16 heteroatoms. The van der Waals surface area contributed by atoms with E-state index in [-0.39, 0.29) is 42.8 Å². The predicted molar refractivity (Wildman–Crippen MR) is 186 cm³/mol. The van der Waals surface area contributed by atoms with Gasteiger partial charge in [-0.25, -0.2) is 5.43 Å². The van der Waals surface area contributed by atoms with Gasteiger partial charge in [-0.1, -0.05) is 37.6 Å². The number of amides is 2. The molecular weight excluding hydrogens is 715 g/mol. The standard InChI is InChI=1S/C35H39ClF3N3O8S/c1-34(2)10-8-25-28(20-34)51-33(30(25)32(46)42-40-21-22-6-7-27(36)26(18-22)35(37,38)39)41-31(45)23-4-3-5-24(19-23)50-17-16-49-15-14-48-13-12-47-11-9-29(43)44/h3-7,18-19,21H,8-17,20H2,1-2H3,(H,41,45)(H,42,46)(H,43,44)/b40-21+. The minimum atomic E-state index is -4.65. The maximum atomic E-state index is 13.5. The highest BCUT2D eigenvalue weighted by Crippen LogP contribution is 2.44. The molecule has 0 radical (unpaired) electrons. The number of hydrogen-bond donors (Lipinski definition) is 3. The summed E-state index contributed by atoms with van der Waals surface area (Å²) in [6.45, 7) is 6.15. The molecule has 1 heterocycles. The van der Waals surface area contributed by atoms with Crippen LogP contribution in [0.3, 0.4) is 0 Å². The van der Waals surface area contributed by atoms with E-state index >= 15 is 0 Å². The molecule has 1 aliphatic rings. The average molecular weight is 754 g/mol. The van der Waals surface area contributed by atoms with Crippen molar-refractivity contribution in [2.24, 2.45) is 10.5 Å². The Morgan fingerprint density at radius 2 is 1.67 bits per heavy atom. The summed E-state index contributed by atoms with van der Waals surface area (Å²) in [5.74, 6) is -1.54. The molecular formula is C35H39ClF3N3O8S. The van der Waals surface area contributed by atoms with Gasteiger partial charge in [-0.15, -0.1) is 11.3 Å². The first kappa shape index (κ1) is 39.8. The van der Waals surface area contributed by atoms with Crippen LogP contribution in [0.1, 0.15) is 69.0 Å². The molecule has 276 valence electrons. The van der Waals surface area contributed by atoms with Gasteiger partial charge in [0.15, 0.2) is 0 Å². The summed E-state index contributed by atoms with van der Waals surface area (Å²) in [5.41, 5.74) is 2.85. The largest absolute Gasteiger partial charge is 0.491 e. The summed E-state index contributed by atoms with van der Waals surface area (Å²) >= 11 is 7.02. The average Bonchev–Trinajstić information content (AvgIpc) is 3.41. The van der Waals surface area contributed by atoms with Crippen molar-refractivity contribution in [3.8, 4) is 5.75 Å². The first-order valence-corrected chi connectivity index (χ1v) is 17.3. The monoisotopic (exact) mass is 753 g/mol. The Hall–Kier alpha value is -4.02. The van der Waals surface area contributed by atoms with Gasteiger partial charge in [-0.2, -0.15) is 18.3 Å². The number of fused-ring (bicyclic) bond motifs is 1. The normalized spacial score (nSPS) is 13.9. The first-order valence-electron chi connectivity index (χ1n) is 16.1. The number of aliphatic carboxylic acids is 1. The fourth-order valence-corrected chi connectivity index (χ4v) is 6.84. The van der Waals surface area contributed by atoms with Crippen LogP contribution in [0.25, 0.3) is 0 Å². The number of hydrazone groups is 1. The number of alkyl halides is 3. The number of carboxylic acids is 1. The van der Waals surface area contributed by atoms with Crippen LogP contribution in [0.5, 0.6) is 5.75 Å². The van der Waals surface area contributed by atoms with Gasteiger partial charge < -0.3 is 29.4 Å². The van der Waals surface area contributed by atoms with Crippen LogP contribution in [-0.2, 0) is 38.0 Å². The highest BCUT2D eigenvalue weighted by atomic mass is 35.5. The third kappa shape index (κ3) is 12.3. The van der Waals surface area contributed by atoms with Crippen molar-refractivity contribution in [3.63, 3.8) is 0 Å². The molecule has 0 saturated heterocycles. The lowest BCUT2D eigenvalue weighted by Crippen LogP contribution is -2.25. The van der Waals surface area contributed by atoms with Gasteiger partial charge in [0.05, 0.1) is 68.4 Å². The van der Waals surface area contributed by atoms with E-state index in [0.29, 0.717) is 55.6 Å². The van der Waals surface area contributed by atoms with Gasteiger partial charge in [-0.05, 0) is 66.1 Å². The summed E-state index contributed by atoms with van der Waals surface area (Å²) in [6.07, 6.45) is -1.48. The van der Waals surface area contributed by atoms with E-state index in [0.717, 1.165) is 35.2 Å². The molecule has 0 saturated carbocycles. The van der Waals surface area contributed by atoms with Gasteiger partial charge in [0.1, 0.15) is 17.4 Å². The van der Waals surface area contributed by atoms with E-state index < -0.39 is 34.5 Å². The number of carbonyl (C=O) groups excluding carboxylic acids is 2. The third-order valence-electron chi connectivity index (χ3n) is 7.71. The van der Waals surface area contributed by atoms with Crippen LogP contribution in [0.4, 0.5) is 18.2 Å². The molecule has 2 amide bonds. The molecule has 3 aromatic rings. The fourth-order valence-electron chi connectivity index (χ4n) is 5.12. The fraction of sp³-hybridized carbons (Fsp3) is 0.429. The van der Waals surface area contributed by atoms with Crippen molar-refractivity contribution in [2.45, 2.75) is 45.7 Å². The Labute approximate surface area is 302 Å². The number of benzene rings is 2. The molecule has 0 spiro atoms. The van der Waals surface area contributed by atoms with E-state index in [1.165, 1.54) is 17.4 Å². The lowest BCUT2D eigenvalue weighted by Gasteiger charge is -2.29. The second kappa shape index (κ2) is 18.5. The molecule has 2 aromatic carbocycles. The number of anilines is 1. The zero-order valence-corrected chi connectivity index (χ0v) is 29.6. The Bertz CT molecular complexity index is 1710. The Morgan fingerprint density at radius 1 is 0.980 bits per heavy atom. The molecule has 4 rings (SSSR count). The Kier molecular flexibility index (Phi) is 14.4. The van der Waals surface area contributed by atoms with E-state index in [9.17, 15) is 27.6 Å².